The Labute approximate surface area is 166 Å². The van der Waals surface area contributed by atoms with Crippen molar-refractivity contribution in [1.29, 1.82) is 0 Å². The van der Waals surface area contributed by atoms with Crippen LogP contribution in [0.5, 0.6) is 0 Å². The zero-order valence-corrected chi connectivity index (χ0v) is 16.1. The van der Waals surface area contributed by atoms with E-state index in [0.29, 0.717) is 34.9 Å². The van der Waals surface area contributed by atoms with Gasteiger partial charge in [-0.2, -0.15) is 0 Å². The van der Waals surface area contributed by atoms with Crippen LogP contribution in [0.15, 0.2) is 70.2 Å². The highest BCUT2D eigenvalue weighted by Crippen LogP contribution is 2.26. The third kappa shape index (κ3) is 4.13. The third-order valence-electron chi connectivity index (χ3n) is 4.01. The van der Waals surface area contributed by atoms with E-state index < -0.39 is 6.10 Å². The molecule has 2 aromatic carbocycles. The molecule has 1 atom stereocenters. The Bertz CT molecular complexity index is 1030. The summed E-state index contributed by atoms with van der Waals surface area (Å²) in [6.45, 7) is 1.74. The zero-order chi connectivity index (χ0) is 19.3. The highest BCUT2D eigenvalue weighted by atomic mass is 32.2. The van der Waals surface area contributed by atoms with E-state index >= 15 is 0 Å². The standard InChI is InChI=1S/C20H19N5O2S/c1-14(26)12-17-21-24-20(25(17)16-10-6-3-7-11-16)28-13-18-22-23-19(27-18)15-8-4-2-5-9-15/h2-11,14,26H,12-13H2,1H3/t14-/m1/s1. The summed E-state index contributed by atoms with van der Waals surface area (Å²) in [6.07, 6.45) is -0.0878. The molecule has 0 aliphatic heterocycles. The summed E-state index contributed by atoms with van der Waals surface area (Å²) >= 11 is 1.46. The van der Waals surface area contributed by atoms with E-state index in [2.05, 4.69) is 20.4 Å². The van der Waals surface area contributed by atoms with Crippen LogP contribution < -0.4 is 0 Å². The lowest BCUT2D eigenvalue weighted by molar-refractivity contribution is 0.192. The highest BCUT2D eigenvalue weighted by Gasteiger charge is 2.17. The molecule has 1 N–H and O–H groups in total. The fourth-order valence-corrected chi connectivity index (χ4v) is 3.57. The van der Waals surface area contributed by atoms with E-state index in [4.69, 9.17) is 4.42 Å². The molecular formula is C20H19N5O2S. The number of hydrogen-bond donors (Lipinski definition) is 1. The van der Waals surface area contributed by atoms with Crippen LogP contribution in [-0.2, 0) is 12.2 Å². The van der Waals surface area contributed by atoms with Gasteiger partial charge in [0.15, 0.2) is 5.16 Å². The molecule has 0 saturated heterocycles. The van der Waals surface area contributed by atoms with E-state index in [-0.39, 0.29) is 0 Å². The molecule has 0 amide bonds. The Hall–Kier alpha value is -2.97. The average molecular weight is 393 g/mol. The first-order chi connectivity index (χ1) is 13.7. The molecule has 0 aliphatic rings. The number of rotatable bonds is 7. The maximum Gasteiger partial charge on any atom is 0.247 e. The molecule has 0 saturated carbocycles. The summed E-state index contributed by atoms with van der Waals surface area (Å²) in [6, 6.07) is 19.5. The van der Waals surface area contributed by atoms with E-state index in [0.717, 1.165) is 11.3 Å². The molecule has 4 aromatic rings. The highest BCUT2D eigenvalue weighted by molar-refractivity contribution is 7.98. The number of aliphatic hydroxyl groups is 1. The molecule has 7 nitrogen and oxygen atoms in total. The Morgan fingerprint density at radius 3 is 2.39 bits per heavy atom. The first-order valence-corrected chi connectivity index (χ1v) is 9.87. The fraction of sp³-hybridized carbons (Fsp3) is 0.200. The van der Waals surface area contributed by atoms with Crippen molar-refractivity contribution >= 4 is 11.8 Å². The number of nitrogens with zero attached hydrogens (tertiary/aromatic N) is 5. The van der Waals surface area contributed by atoms with Gasteiger partial charge in [0, 0.05) is 17.7 Å². The lowest BCUT2D eigenvalue weighted by atomic mass is 10.2. The number of hydrogen-bond acceptors (Lipinski definition) is 7. The minimum absolute atomic E-state index is 0.418. The smallest absolute Gasteiger partial charge is 0.247 e. The van der Waals surface area contributed by atoms with Gasteiger partial charge < -0.3 is 9.52 Å². The molecule has 0 fully saturated rings. The van der Waals surface area contributed by atoms with E-state index in [1.807, 2.05) is 65.2 Å². The summed E-state index contributed by atoms with van der Waals surface area (Å²) in [7, 11) is 0. The van der Waals surface area contributed by atoms with Crippen LogP contribution in [0.2, 0.25) is 0 Å². The van der Waals surface area contributed by atoms with Gasteiger partial charge in [-0.25, -0.2) is 0 Å². The Balaban J connectivity index is 1.55. The lowest BCUT2D eigenvalue weighted by Gasteiger charge is -2.10. The summed E-state index contributed by atoms with van der Waals surface area (Å²) in [5, 5.41) is 27.3. The van der Waals surface area contributed by atoms with Gasteiger partial charge in [0.1, 0.15) is 5.82 Å². The van der Waals surface area contributed by atoms with Crippen LogP contribution >= 0.6 is 11.8 Å². The minimum Gasteiger partial charge on any atom is -0.420 e. The van der Waals surface area contributed by atoms with Crippen molar-refractivity contribution in [2.45, 2.75) is 30.4 Å². The largest absolute Gasteiger partial charge is 0.420 e. The normalized spacial score (nSPS) is 12.2. The monoisotopic (exact) mass is 393 g/mol. The van der Waals surface area contributed by atoms with Crippen molar-refractivity contribution in [1.82, 2.24) is 25.0 Å². The fourth-order valence-electron chi connectivity index (χ4n) is 2.76. The summed E-state index contributed by atoms with van der Waals surface area (Å²) in [4.78, 5) is 0. The minimum atomic E-state index is -0.506. The van der Waals surface area contributed by atoms with Crippen molar-refractivity contribution < 1.29 is 9.52 Å². The number of thioether (sulfide) groups is 1. The molecule has 2 aromatic heterocycles. The van der Waals surface area contributed by atoms with Gasteiger partial charge in [0.05, 0.1) is 11.9 Å². The van der Waals surface area contributed by atoms with Crippen LogP contribution in [0.25, 0.3) is 17.1 Å². The molecule has 0 bridgehead atoms. The van der Waals surface area contributed by atoms with Crippen LogP contribution in [0.4, 0.5) is 0 Å². The van der Waals surface area contributed by atoms with Gasteiger partial charge in [-0.15, -0.1) is 20.4 Å². The second kappa shape index (κ2) is 8.37. The topological polar surface area (TPSA) is 89.9 Å². The SMILES string of the molecule is C[C@@H](O)Cc1nnc(SCc2nnc(-c3ccccc3)o2)n1-c1ccccc1. The average Bonchev–Trinajstić information content (AvgIpc) is 3.34. The number of benzene rings is 2. The summed E-state index contributed by atoms with van der Waals surface area (Å²) in [5.74, 6) is 2.19. The van der Waals surface area contributed by atoms with Gasteiger partial charge in [-0.05, 0) is 31.2 Å². The lowest BCUT2D eigenvalue weighted by Crippen LogP contribution is -2.11. The molecule has 8 heteroatoms. The number of aromatic nitrogens is 5. The first kappa shape index (κ1) is 18.4. The summed E-state index contributed by atoms with van der Waals surface area (Å²) < 4.78 is 7.72. The molecule has 28 heavy (non-hydrogen) atoms. The van der Waals surface area contributed by atoms with Crippen molar-refractivity contribution in [2.75, 3.05) is 0 Å². The van der Waals surface area contributed by atoms with Crippen LogP contribution in [0.1, 0.15) is 18.6 Å². The van der Waals surface area contributed by atoms with E-state index in [1.165, 1.54) is 11.8 Å². The second-order valence-corrected chi connectivity index (χ2v) is 7.22. The number of para-hydroxylation sites is 1. The van der Waals surface area contributed by atoms with Gasteiger partial charge in [0.2, 0.25) is 11.8 Å². The maximum atomic E-state index is 9.78. The summed E-state index contributed by atoms with van der Waals surface area (Å²) in [5.41, 5.74) is 1.83. The Morgan fingerprint density at radius 1 is 0.964 bits per heavy atom. The van der Waals surface area contributed by atoms with Gasteiger partial charge in [-0.3, -0.25) is 4.57 Å². The van der Waals surface area contributed by atoms with E-state index in [1.54, 1.807) is 6.92 Å². The first-order valence-electron chi connectivity index (χ1n) is 8.89. The second-order valence-electron chi connectivity index (χ2n) is 6.28. The van der Waals surface area contributed by atoms with Crippen LogP contribution in [0, 0.1) is 0 Å². The van der Waals surface area contributed by atoms with Gasteiger partial charge >= 0.3 is 0 Å². The molecule has 0 unspecified atom stereocenters. The van der Waals surface area contributed by atoms with Crippen molar-refractivity contribution in [3.05, 3.63) is 72.4 Å². The molecular weight excluding hydrogens is 374 g/mol. The van der Waals surface area contributed by atoms with Crippen LogP contribution in [-0.4, -0.2) is 36.2 Å². The van der Waals surface area contributed by atoms with Crippen molar-refractivity contribution in [3.8, 4) is 17.1 Å². The molecule has 0 spiro atoms. The molecule has 0 radical (unpaired) electrons. The molecule has 0 aliphatic carbocycles. The van der Waals surface area contributed by atoms with Crippen molar-refractivity contribution in [2.24, 2.45) is 0 Å². The zero-order valence-electron chi connectivity index (χ0n) is 15.3. The quantitative estimate of drug-likeness (QED) is 0.480. The maximum absolute atomic E-state index is 9.78. The Morgan fingerprint density at radius 2 is 1.68 bits per heavy atom. The predicted molar refractivity (Wildman–Crippen MR) is 106 cm³/mol. The van der Waals surface area contributed by atoms with Crippen molar-refractivity contribution in [3.63, 3.8) is 0 Å². The van der Waals surface area contributed by atoms with Gasteiger partial charge in [0.25, 0.3) is 0 Å². The Kier molecular flexibility index (Phi) is 5.50. The molecule has 142 valence electrons. The predicted octanol–water partition coefficient (Wildman–Crippen LogP) is 3.53. The third-order valence-corrected chi connectivity index (χ3v) is 4.92. The molecule has 2 heterocycles. The van der Waals surface area contributed by atoms with E-state index in [9.17, 15) is 5.11 Å². The van der Waals surface area contributed by atoms with Crippen LogP contribution in [0.3, 0.4) is 0 Å². The number of aliphatic hydroxyl groups excluding tert-OH is 1. The molecule has 4 rings (SSSR count). The van der Waals surface area contributed by atoms with Gasteiger partial charge in [-0.1, -0.05) is 48.2 Å².